The van der Waals surface area contributed by atoms with Crippen LogP contribution >= 0.6 is 23.1 Å². The first-order valence-corrected chi connectivity index (χ1v) is 11.3. The summed E-state index contributed by atoms with van der Waals surface area (Å²) in [5.41, 5.74) is 1.63. The normalized spacial score (nSPS) is 13.3. The summed E-state index contributed by atoms with van der Waals surface area (Å²) >= 11 is 2.87. The van der Waals surface area contributed by atoms with Gasteiger partial charge in [0.15, 0.2) is 5.13 Å². The number of carbonyl (C=O) groups excluding carboxylic acids is 2. The molecule has 8 heteroatoms. The molecule has 1 heterocycles. The first kappa shape index (κ1) is 19.7. The molecule has 2 N–H and O–H groups in total. The summed E-state index contributed by atoms with van der Waals surface area (Å²) in [4.78, 5) is 29.5. The molecule has 4 rings (SSSR count). The molecule has 29 heavy (non-hydrogen) atoms. The molecule has 1 fully saturated rings. The number of rotatable bonds is 8. The number of thiazole rings is 1. The van der Waals surface area contributed by atoms with Gasteiger partial charge in [-0.25, -0.2) is 4.98 Å². The highest BCUT2D eigenvalue weighted by Gasteiger charge is 2.29. The maximum atomic E-state index is 12.3. The lowest BCUT2D eigenvalue weighted by atomic mass is 10.3. The number of anilines is 2. The molecule has 0 atom stereocenters. The van der Waals surface area contributed by atoms with Crippen molar-refractivity contribution in [3.05, 3.63) is 42.5 Å². The van der Waals surface area contributed by atoms with Crippen molar-refractivity contribution in [1.82, 2.24) is 4.98 Å². The zero-order valence-corrected chi connectivity index (χ0v) is 17.6. The Kier molecular flexibility index (Phi) is 6.01. The Morgan fingerprint density at radius 1 is 1.17 bits per heavy atom. The Morgan fingerprint density at radius 3 is 2.69 bits per heavy atom. The second kappa shape index (κ2) is 8.84. The van der Waals surface area contributed by atoms with E-state index in [-0.39, 0.29) is 23.5 Å². The van der Waals surface area contributed by atoms with E-state index in [1.807, 2.05) is 49.4 Å². The van der Waals surface area contributed by atoms with Gasteiger partial charge < -0.3 is 15.4 Å². The van der Waals surface area contributed by atoms with Crippen molar-refractivity contribution in [3.63, 3.8) is 0 Å². The van der Waals surface area contributed by atoms with Gasteiger partial charge in [0.1, 0.15) is 5.75 Å². The van der Waals surface area contributed by atoms with Gasteiger partial charge in [-0.15, -0.1) is 11.8 Å². The van der Waals surface area contributed by atoms with Crippen LogP contribution < -0.4 is 15.4 Å². The van der Waals surface area contributed by atoms with Crippen LogP contribution in [-0.4, -0.2) is 29.2 Å². The minimum absolute atomic E-state index is 0.0917. The van der Waals surface area contributed by atoms with E-state index in [1.165, 1.54) is 23.1 Å². The second-order valence-corrected chi connectivity index (χ2v) is 8.79. The van der Waals surface area contributed by atoms with Crippen molar-refractivity contribution in [1.29, 1.82) is 0 Å². The summed E-state index contributed by atoms with van der Waals surface area (Å²) in [5, 5.41) is 6.35. The standard InChI is InChI=1S/C21H21N3O3S2/c1-2-27-15-7-10-17-18(11-15)29-21(23-17)24-19(25)12-28-16-8-5-14(6-9-16)22-20(26)13-3-4-13/h5-11,13H,2-4,12H2,1H3,(H,22,26)(H,23,24,25). The van der Waals surface area contributed by atoms with Crippen LogP contribution in [0.25, 0.3) is 10.2 Å². The predicted octanol–water partition coefficient (Wildman–Crippen LogP) is 4.77. The van der Waals surface area contributed by atoms with Crippen LogP contribution in [0.5, 0.6) is 5.75 Å². The number of amides is 2. The molecule has 0 unspecified atom stereocenters. The van der Waals surface area contributed by atoms with Crippen LogP contribution in [0.4, 0.5) is 10.8 Å². The molecule has 1 aromatic heterocycles. The molecule has 3 aromatic rings. The Morgan fingerprint density at radius 2 is 1.97 bits per heavy atom. The lowest BCUT2D eigenvalue weighted by Gasteiger charge is -2.06. The van der Waals surface area contributed by atoms with Crippen molar-refractivity contribution < 1.29 is 14.3 Å². The zero-order valence-electron chi connectivity index (χ0n) is 15.9. The first-order valence-electron chi connectivity index (χ1n) is 9.47. The summed E-state index contributed by atoms with van der Waals surface area (Å²) in [5.74, 6) is 1.25. The van der Waals surface area contributed by atoms with Crippen molar-refractivity contribution >= 4 is 55.9 Å². The molecule has 0 bridgehead atoms. The molecule has 1 aliphatic rings. The van der Waals surface area contributed by atoms with Gasteiger partial charge >= 0.3 is 0 Å². The molecule has 0 radical (unpaired) electrons. The van der Waals surface area contributed by atoms with Crippen molar-refractivity contribution in [3.8, 4) is 5.75 Å². The number of benzene rings is 2. The van der Waals surface area contributed by atoms with Gasteiger partial charge in [-0.05, 0) is 62.2 Å². The summed E-state index contributed by atoms with van der Waals surface area (Å²) < 4.78 is 6.48. The SMILES string of the molecule is CCOc1ccc2nc(NC(=O)CSc3ccc(NC(=O)C4CC4)cc3)sc2c1. The Balaban J connectivity index is 1.29. The van der Waals surface area contributed by atoms with Crippen molar-refractivity contribution in [2.24, 2.45) is 5.92 Å². The van der Waals surface area contributed by atoms with Crippen LogP contribution in [0, 0.1) is 5.92 Å². The average molecular weight is 428 g/mol. The number of hydrogen-bond donors (Lipinski definition) is 2. The summed E-state index contributed by atoms with van der Waals surface area (Å²) in [6.45, 7) is 2.55. The molecular formula is C21H21N3O3S2. The van der Waals surface area contributed by atoms with Gasteiger partial charge in [0, 0.05) is 16.5 Å². The molecule has 0 aliphatic heterocycles. The average Bonchev–Trinajstić information content (AvgIpc) is 3.49. The quantitative estimate of drug-likeness (QED) is 0.506. The van der Waals surface area contributed by atoms with E-state index in [9.17, 15) is 9.59 Å². The monoisotopic (exact) mass is 427 g/mol. The topological polar surface area (TPSA) is 80.3 Å². The van der Waals surface area contributed by atoms with Gasteiger partial charge in [0.05, 0.1) is 22.6 Å². The molecule has 0 spiro atoms. The summed E-state index contributed by atoms with van der Waals surface area (Å²) in [6, 6.07) is 13.3. The first-order chi connectivity index (χ1) is 14.1. The number of hydrogen-bond acceptors (Lipinski definition) is 6. The van der Waals surface area contributed by atoms with E-state index in [0.717, 1.165) is 39.4 Å². The highest BCUT2D eigenvalue weighted by Crippen LogP contribution is 2.31. The number of aromatic nitrogens is 1. The molecule has 2 amide bonds. The van der Waals surface area contributed by atoms with E-state index in [0.29, 0.717) is 11.7 Å². The van der Waals surface area contributed by atoms with Crippen LogP contribution in [0.2, 0.25) is 0 Å². The fourth-order valence-electron chi connectivity index (χ4n) is 2.74. The fraction of sp³-hybridized carbons (Fsp3) is 0.286. The van der Waals surface area contributed by atoms with Gasteiger partial charge in [-0.1, -0.05) is 11.3 Å². The third-order valence-electron chi connectivity index (χ3n) is 4.36. The van der Waals surface area contributed by atoms with Crippen LogP contribution in [0.15, 0.2) is 47.4 Å². The van der Waals surface area contributed by atoms with E-state index in [4.69, 9.17) is 4.74 Å². The maximum Gasteiger partial charge on any atom is 0.236 e. The molecule has 2 aromatic carbocycles. The number of fused-ring (bicyclic) bond motifs is 1. The molecule has 1 saturated carbocycles. The smallest absolute Gasteiger partial charge is 0.236 e. The minimum Gasteiger partial charge on any atom is -0.494 e. The number of nitrogens with one attached hydrogen (secondary N) is 2. The third-order valence-corrected chi connectivity index (χ3v) is 6.30. The Labute approximate surface area is 177 Å². The third kappa shape index (κ3) is 5.27. The molecule has 0 saturated heterocycles. The van der Waals surface area contributed by atoms with Crippen LogP contribution in [0.3, 0.4) is 0 Å². The van der Waals surface area contributed by atoms with Crippen molar-refractivity contribution in [2.75, 3.05) is 23.0 Å². The number of ether oxygens (including phenoxy) is 1. The Bertz CT molecular complexity index is 1030. The molecule has 6 nitrogen and oxygen atoms in total. The molecule has 1 aliphatic carbocycles. The second-order valence-electron chi connectivity index (χ2n) is 6.71. The number of nitrogens with zero attached hydrogens (tertiary/aromatic N) is 1. The maximum absolute atomic E-state index is 12.3. The van der Waals surface area contributed by atoms with Crippen LogP contribution in [-0.2, 0) is 9.59 Å². The lowest BCUT2D eigenvalue weighted by Crippen LogP contribution is -2.14. The lowest BCUT2D eigenvalue weighted by molar-refractivity contribution is -0.117. The van der Waals surface area contributed by atoms with E-state index in [1.54, 1.807) is 0 Å². The zero-order chi connectivity index (χ0) is 20.2. The Hall–Kier alpha value is -2.58. The number of carbonyl (C=O) groups is 2. The minimum atomic E-state index is -0.106. The summed E-state index contributed by atoms with van der Waals surface area (Å²) in [6.07, 6.45) is 1.97. The predicted molar refractivity (Wildman–Crippen MR) is 118 cm³/mol. The van der Waals surface area contributed by atoms with Gasteiger partial charge in [0.2, 0.25) is 11.8 Å². The van der Waals surface area contributed by atoms with Crippen molar-refractivity contribution in [2.45, 2.75) is 24.7 Å². The van der Waals surface area contributed by atoms with E-state index in [2.05, 4.69) is 15.6 Å². The fourth-order valence-corrected chi connectivity index (χ4v) is 4.35. The molecular weight excluding hydrogens is 406 g/mol. The van der Waals surface area contributed by atoms with Gasteiger partial charge in [-0.2, -0.15) is 0 Å². The van der Waals surface area contributed by atoms with Gasteiger partial charge in [0.25, 0.3) is 0 Å². The van der Waals surface area contributed by atoms with E-state index < -0.39 is 0 Å². The highest BCUT2D eigenvalue weighted by molar-refractivity contribution is 8.00. The van der Waals surface area contributed by atoms with Crippen LogP contribution in [0.1, 0.15) is 19.8 Å². The number of thioether (sulfide) groups is 1. The van der Waals surface area contributed by atoms with Gasteiger partial charge in [-0.3, -0.25) is 9.59 Å². The summed E-state index contributed by atoms with van der Waals surface area (Å²) in [7, 11) is 0. The highest BCUT2D eigenvalue weighted by atomic mass is 32.2. The largest absolute Gasteiger partial charge is 0.494 e. The van der Waals surface area contributed by atoms with E-state index >= 15 is 0 Å². The molecule has 150 valence electrons.